The van der Waals surface area contributed by atoms with Gasteiger partial charge in [0.05, 0.1) is 46.7 Å². The van der Waals surface area contributed by atoms with Crippen molar-refractivity contribution >= 4 is 46.1 Å². The Labute approximate surface area is 299 Å². The Balaban J connectivity index is 1.26. The molecule has 3 aromatic heterocycles. The molecule has 11 nitrogen and oxygen atoms in total. The van der Waals surface area contributed by atoms with Crippen molar-refractivity contribution in [1.29, 1.82) is 0 Å². The van der Waals surface area contributed by atoms with E-state index in [4.69, 9.17) is 37.9 Å². The summed E-state index contributed by atoms with van der Waals surface area (Å²) in [6.45, 7) is 3.01. The van der Waals surface area contributed by atoms with E-state index in [0.717, 1.165) is 22.0 Å². The molecule has 4 heterocycles. The SMILES string of the molecule is COc1nc(-c2cccc(-c3cccc(-c4cc5ncc(CNC[C@H](C)O)cc5cn4)c3Cl)c2Cl)ccc1CN(C[C@@H]1CCC(=O)N1)C(=O)O. The third-order valence-corrected chi connectivity index (χ3v) is 9.33. The summed E-state index contributed by atoms with van der Waals surface area (Å²) in [4.78, 5) is 39.0. The van der Waals surface area contributed by atoms with Gasteiger partial charge in [-0.3, -0.25) is 14.8 Å². The summed E-state index contributed by atoms with van der Waals surface area (Å²) in [5.74, 6) is 0.192. The molecule has 6 rings (SSSR count). The molecular formula is C37H36Cl2N6O5. The first-order chi connectivity index (χ1) is 24.1. The molecule has 0 spiro atoms. The van der Waals surface area contributed by atoms with Crippen molar-refractivity contribution in [2.24, 2.45) is 0 Å². The maximum atomic E-state index is 12.0. The lowest BCUT2D eigenvalue weighted by Gasteiger charge is -2.23. The van der Waals surface area contributed by atoms with Gasteiger partial charge >= 0.3 is 6.09 Å². The van der Waals surface area contributed by atoms with E-state index in [9.17, 15) is 19.8 Å². The van der Waals surface area contributed by atoms with Gasteiger partial charge in [0.25, 0.3) is 0 Å². The van der Waals surface area contributed by atoms with Crippen molar-refractivity contribution in [3.63, 3.8) is 0 Å². The second kappa shape index (κ2) is 15.4. The Morgan fingerprint density at radius 2 is 1.72 bits per heavy atom. The number of carbonyl (C=O) groups is 2. The molecule has 258 valence electrons. The molecule has 13 heteroatoms. The van der Waals surface area contributed by atoms with Gasteiger partial charge in [0, 0.05) is 77.7 Å². The standard InChI is InChI=1S/C37H36Cl2N6O5/c1-21(46)15-40-16-22-13-24-18-42-32(14-31(24)41-17-22)29-8-4-6-27(35(29)39)26-5-3-7-28(34(26)38)30-11-9-23(36(44-30)50-2)19-45(37(48)49)20-25-10-12-33(47)43-25/h3-9,11,13-14,17-18,21,25,40,46H,10,12,15-16,19-20H2,1-2H3,(H,43,47)(H,48,49)/t21-,25-/m0/s1. The molecule has 1 fully saturated rings. The van der Waals surface area contributed by atoms with E-state index in [0.29, 0.717) is 69.6 Å². The minimum atomic E-state index is -1.10. The van der Waals surface area contributed by atoms with Crippen LogP contribution < -0.4 is 15.4 Å². The summed E-state index contributed by atoms with van der Waals surface area (Å²) in [5, 5.41) is 27.2. The third kappa shape index (κ3) is 7.81. The van der Waals surface area contributed by atoms with E-state index in [2.05, 4.69) is 15.6 Å². The number of fused-ring (bicyclic) bond motifs is 1. The quantitative estimate of drug-likeness (QED) is 0.113. The topological polar surface area (TPSA) is 150 Å². The van der Waals surface area contributed by atoms with Crippen LogP contribution in [0.3, 0.4) is 0 Å². The Bertz CT molecular complexity index is 2060. The monoisotopic (exact) mass is 714 g/mol. The van der Waals surface area contributed by atoms with Crippen LogP contribution in [0.1, 0.15) is 30.9 Å². The molecule has 1 saturated heterocycles. The number of pyridine rings is 3. The van der Waals surface area contributed by atoms with E-state index in [1.54, 1.807) is 31.5 Å². The molecule has 5 aromatic rings. The van der Waals surface area contributed by atoms with Crippen molar-refractivity contribution in [2.45, 2.75) is 45.0 Å². The van der Waals surface area contributed by atoms with Gasteiger partial charge in [0.2, 0.25) is 11.8 Å². The molecule has 0 unspecified atom stereocenters. The second-order valence-electron chi connectivity index (χ2n) is 12.3. The van der Waals surface area contributed by atoms with E-state index < -0.39 is 12.2 Å². The van der Waals surface area contributed by atoms with Gasteiger partial charge in [-0.05, 0) is 43.2 Å². The molecule has 0 radical (unpaired) electrons. The number of methoxy groups -OCH3 is 1. The number of aromatic nitrogens is 3. The highest BCUT2D eigenvalue weighted by atomic mass is 35.5. The molecule has 1 aliphatic rings. The summed E-state index contributed by atoms with van der Waals surface area (Å²) in [5.41, 5.74) is 6.32. The number of halogens is 2. The highest BCUT2D eigenvalue weighted by Crippen LogP contribution is 2.42. The first-order valence-electron chi connectivity index (χ1n) is 16.1. The lowest BCUT2D eigenvalue weighted by atomic mass is 9.98. The predicted molar refractivity (Wildman–Crippen MR) is 193 cm³/mol. The van der Waals surface area contributed by atoms with E-state index >= 15 is 0 Å². The lowest BCUT2D eigenvalue weighted by Crippen LogP contribution is -2.41. The molecular weight excluding hydrogens is 679 g/mol. The molecule has 0 saturated carbocycles. The van der Waals surface area contributed by atoms with Gasteiger partial charge in [-0.1, -0.05) is 59.6 Å². The number of amides is 2. The van der Waals surface area contributed by atoms with Gasteiger partial charge in [-0.2, -0.15) is 0 Å². The number of nitrogens with zero attached hydrogens (tertiary/aromatic N) is 4. The number of ether oxygens (including phenoxy) is 1. The summed E-state index contributed by atoms with van der Waals surface area (Å²) in [7, 11) is 1.48. The third-order valence-electron chi connectivity index (χ3n) is 8.52. The van der Waals surface area contributed by atoms with Gasteiger partial charge < -0.3 is 30.5 Å². The first-order valence-corrected chi connectivity index (χ1v) is 16.9. The first kappa shape index (κ1) is 35.0. The number of carbonyl (C=O) groups excluding carboxylic acids is 1. The number of hydrogen-bond acceptors (Lipinski definition) is 8. The van der Waals surface area contributed by atoms with Crippen LogP contribution in [0.4, 0.5) is 4.79 Å². The fourth-order valence-corrected chi connectivity index (χ4v) is 6.67. The smallest absolute Gasteiger partial charge is 0.407 e. The normalized spacial score (nSPS) is 14.8. The lowest BCUT2D eigenvalue weighted by molar-refractivity contribution is -0.119. The Hall–Kier alpha value is -4.81. The molecule has 4 N–H and O–H groups in total. The van der Waals surface area contributed by atoms with E-state index in [1.807, 2.05) is 48.5 Å². The summed E-state index contributed by atoms with van der Waals surface area (Å²) < 4.78 is 5.59. The molecule has 50 heavy (non-hydrogen) atoms. The largest absolute Gasteiger partial charge is 0.481 e. The van der Waals surface area contributed by atoms with Crippen LogP contribution in [0, 0.1) is 0 Å². The van der Waals surface area contributed by atoms with Crippen LogP contribution in [-0.2, 0) is 17.9 Å². The number of carboxylic acid groups (broad SMARTS) is 1. The zero-order valence-electron chi connectivity index (χ0n) is 27.5. The molecule has 1 aliphatic heterocycles. The Morgan fingerprint density at radius 3 is 2.36 bits per heavy atom. The fourth-order valence-electron chi connectivity index (χ4n) is 6.03. The van der Waals surface area contributed by atoms with E-state index in [-0.39, 0.29) is 30.9 Å². The van der Waals surface area contributed by atoms with Crippen molar-refractivity contribution in [2.75, 3.05) is 20.2 Å². The minimum absolute atomic E-state index is 0.0367. The number of aliphatic hydroxyl groups excluding tert-OH is 1. The van der Waals surface area contributed by atoms with E-state index in [1.165, 1.54) is 12.0 Å². The maximum Gasteiger partial charge on any atom is 0.407 e. The highest BCUT2D eigenvalue weighted by molar-refractivity contribution is 6.39. The Morgan fingerprint density at radius 1 is 1.02 bits per heavy atom. The maximum absolute atomic E-state index is 12.0. The van der Waals surface area contributed by atoms with Gasteiger partial charge in [0.1, 0.15) is 0 Å². The van der Waals surface area contributed by atoms with Crippen LogP contribution in [0.25, 0.3) is 44.5 Å². The van der Waals surface area contributed by atoms with Crippen LogP contribution >= 0.6 is 23.2 Å². The average molecular weight is 716 g/mol. The van der Waals surface area contributed by atoms with Crippen molar-refractivity contribution < 1.29 is 24.5 Å². The van der Waals surface area contributed by atoms with Crippen LogP contribution in [0.5, 0.6) is 5.88 Å². The zero-order chi connectivity index (χ0) is 35.4. The van der Waals surface area contributed by atoms with Crippen LogP contribution in [0.15, 0.2) is 73.1 Å². The highest BCUT2D eigenvalue weighted by Gasteiger charge is 2.26. The molecule has 2 atom stereocenters. The van der Waals surface area contributed by atoms with Crippen LogP contribution in [0.2, 0.25) is 10.0 Å². The number of benzene rings is 2. The summed E-state index contributed by atoms with van der Waals surface area (Å²) in [6, 6.07) is 18.5. The number of aliphatic hydroxyl groups is 1. The fraction of sp³-hybridized carbons (Fsp3) is 0.270. The van der Waals surface area contributed by atoms with Gasteiger partial charge in [-0.15, -0.1) is 0 Å². The average Bonchev–Trinajstić information content (AvgIpc) is 3.52. The minimum Gasteiger partial charge on any atom is -0.481 e. The predicted octanol–water partition coefficient (Wildman–Crippen LogP) is 6.57. The van der Waals surface area contributed by atoms with Crippen molar-refractivity contribution in [1.82, 2.24) is 30.5 Å². The van der Waals surface area contributed by atoms with Gasteiger partial charge in [0.15, 0.2) is 0 Å². The van der Waals surface area contributed by atoms with Crippen LogP contribution in [-0.4, -0.2) is 74.4 Å². The molecule has 0 bridgehead atoms. The summed E-state index contributed by atoms with van der Waals surface area (Å²) in [6.07, 6.45) is 3.02. The summed E-state index contributed by atoms with van der Waals surface area (Å²) >= 11 is 14.1. The molecule has 2 aromatic carbocycles. The van der Waals surface area contributed by atoms with Crippen molar-refractivity contribution in [3.05, 3.63) is 94.2 Å². The number of hydrogen-bond donors (Lipinski definition) is 4. The zero-order valence-corrected chi connectivity index (χ0v) is 29.0. The van der Waals surface area contributed by atoms with Gasteiger partial charge in [-0.25, -0.2) is 9.78 Å². The van der Waals surface area contributed by atoms with Crippen molar-refractivity contribution in [3.8, 4) is 39.5 Å². The Kier molecular flexibility index (Phi) is 10.8. The number of nitrogens with one attached hydrogen (secondary N) is 2. The second-order valence-corrected chi connectivity index (χ2v) is 13.0. The molecule has 0 aliphatic carbocycles. The molecule has 2 amide bonds. The number of rotatable bonds is 12.